The number of aromatic nitrogens is 1. The fraction of sp³-hybridized carbons (Fsp3) is 0.344. The van der Waals surface area contributed by atoms with E-state index in [0.29, 0.717) is 22.0 Å². The zero-order valence-electron chi connectivity index (χ0n) is 23.0. The average molecular weight is 606 g/mol. The van der Waals surface area contributed by atoms with E-state index in [1.807, 2.05) is 49.4 Å². The predicted molar refractivity (Wildman–Crippen MR) is 163 cm³/mol. The molecule has 1 amide bonds. The summed E-state index contributed by atoms with van der Waals surface area (Å²) in [5.74, 6) is -0.150. The van der Waals surface area contributed by atoms with Gasteiger partial charge in [-0.2, -0.15) is 0 Å². The van der Waals surface area contributed by atoms with Crippen molar-refractivity contribution >= 4 is 55.0 Å². The van der Waals surface area contributed by atoms with Crippen LogP contribution in [0.4, 0.5) is 5.00 Å². The predicted octanol–water partition coefficient (Wildman–Crippen LogP) is 8.61. The van der Waals surface area contributed by atoms with Gasteiger partial charge in [0.05, 0.1) is 29.4 Å². The lowest BCUT2D eigenvalue weighted by Gasteiger charge is -2.36. The molecule has 1 aliphatic rings. The second-order valence-corrected chi connectivity index (χ2v) is 13.0. The van der Waals surface area contributed by atoms with Crippen LogP contribution in [0.1, 0.15) is 70.3 Å². The quantitative estimate of drug-likeness (QED) is 0.224. The van der Waals surface area contributed by atoms with Crippen LogP contribution >= 0.6 is 27.3 Å². The Hall–Kier alpha value is -3.03. The lowest BCUT2D eigenvalue weighted by Crippen LogP contribution is -2.28. The van der Waals surface area contributed by atoms with Gasteiger partial charge in [0.2, 0.25) is 0 Å². The van der Waals surface area contributed by atoms with Gasteiger partial charge in [0.15, 0.2) is 0 Å². The van der Waals surface area contributed by atoms with Crippen LogP contribution in [-0.4, -0.2) is 24.0 Å². The topological polar surface area (TPSA) is 68.3 Å². The third-order valence-corrected chi connectivity index (χ3v) is 9.89. The monoisotopic (exact) mass is 604 g/mol. The van der Waals surface area contributed by atoms with Crippen molar-refractivity contribution in [2.75, 3.05) is 12.4 Å². The molecule has 0 radical (unpaired) electrons. The number of rotatable bonds is 6. The Kier molecular flexibility index (Phi) is 7.66. The molecule has 1 atom stereocenters. The number of halogens is 1. The van der Waals surface area contributed by atoms with E-state index >= 15 is 0 Å². The lowest BCUT2D eigenvalue weighted by atomic mass is 9.69. The Morgan fingerprint density at radius 2 is 1.97 bits per heavy atom. The number of hydrogen-bond donors (Lipinski definition) is 1. The van der Waals surface area contributed by atoms with Crippen LogP contribution in [0.3, 0.4) is 0 Å². The number of carbonyl (C=O) groups is 2. The fourth-order valence-electron chi connectivity index (χ4n) is 5.46. The van der Waals surface area contributed by atoms with Gasteiger partial charge in [0, 0.05) is 20.3 Å². The Morgan fingerprint density at radius 3 is 2.69 bits per heavy atom. The second-order valence-electron chi connectivity index (χ2n) is 11.0. The third-order valence-electron chi connectivity index (χ3n) is 8.23. The van der Waals surface area contributed by atoms with Crippen LogP contribution in [0, 0.1) is 18.3 Å². The molecule has 0 spiro atoms. The van der Waals surface area contributed by atoms with E-state index in [0.717, 1.165) is 63.4 Å². The number of benzene rings is 2. The smallest absolute Gasteiger partial charge is 0.341 e. The van der Waals surface area contributed by atoms with Crippen LogP contribution in [0.5, 0.6) is 0 Å². The first-order valence-electron chi connectivity index (χ1n) is 13.3. The van der Waals surface area contributed by atoms with E-state index < -0.39 is 5.97 Å². The molecule has 4 aromatic rings. The van der Waals surface area contributed by atoms with Gasteiger partial charge in [-0.05, 0) is 73.4 Å². The van der Waals surface area contributed by atoms with Gasteiger partial charge in [-0.25, -0.2) is 9.78 Å². The highest BCUT2D eigenvalue weighted by Crippen LogP contribution is 2.46. The molecule has 0 saturated heterocycles. The molecule has 2 heterocycles. The zero-order valence-corrected chi connectivity index (χ0v) is 25.4. The average Bonchev–Trinajstić information content (AvgIpc) is 3.28. The number of anilines is 1. The molecule has 1 aliphatic carbocycles. The molecule has 0 aliphatic heterocycles. The number of methoxy groups -OCH3 is 1. The highest BCUT2D eigenvalue weighted by Gasteiger charge is 2.35. The molecule has 1 N–H and O–H groups in total. The van der Waals surface area contributed by atoms with Crippen LogP contribution in [-0.2, 0) is 17.6 Å². The maximum absolute atomic E-state index is 13.9. The van der Waals surface area contributed by atoms with Crippen LogP contribution in [0.15, 0.2) is 53.0 Å². The fourth-order valence-corrected chi connectivity index (χ4v) is 7.13. The number of carbonyl (C=O) groups excluding carboxylic acids is 2. The van der Waals surface area contributed by atoms with Gasteiger partial charge < -0.3 is 10.1 Å². The van der Waals surface area contributed by atoms with Gasteiger partial charge in [-0.15, -0.1) is 11.3 Å². The van der Waals surface area contributed by atoms with Gasteiger partial charge in [-0.3, -0.25) is 4.79 Å². The van der Waals surface area contributed by atoms with Crippen molar-refractivity contribution in [3.8, 4) is 11.3 Å². The minimum absolute atomic E-state index is 0.214. The maximum atomic E-state index is 13.9. The summed E-state index contributed by atoms with van der Waals surface area (Å²) in [5.41, 5.74) is 5.75. The first-order chi connectivity index (χ1) is 18.6. The Labute approximate surface area is 242 Å². The summed E-state index contributed by atoms with van der Waals surface area (Å²) in [4.78, 5) is 32.9. The van der Waals surface area contributed by atoms with Gasteiger partial charge in [0.25, 0.3) is 5.91 Å². The lowest BCUT2D eigenvalue weighted by molar-refractivity contribution is 0.0600. The van der Waals surface area contributed by atoms with Crippen molar-refractivity contribution in [2.45, 2.75) is 53.4 Å². The van der Waals surface area contributed by atoms with E-state index in [-0.39, 0.29) is 11.3 Å². The number of thiophene rings is 1. The third kappa shape index (κ3) is 5.39. The molecule has 0 fully saturated rings. The van der Waals surface area contributed by atoms with Crippen molar-refractivity contribution in [3.63, 3.8) is 0 Å². The molecule has 5 nitrogen and oxygen atoms in total. The summed E-state index contributed by atoms with van der Waals surface area (Å²) in [6.45, 7) is 8.91. The number of pyridine rings is 1. The normalized spacial score (nSPS) is 15.2. The van der Waals surface area contributed by atoms with E-state index in [1.165, 1.54) is 23.3 Å². The van der Waals surface area contributed by atoms with Crippen LogP contribution < -0.4 is 5.32 Å². The van der Waals surface area contributed by atoms with E-state index in [4.69, 9.17) is 9.72 Å². The summed E-state index contributed by atoms with van der Waals surface area (Å²) in [6, 6.07) is 15.7. The molecule has 39 heavy (non-hydrogen) atoms. The van der Waals surface area contributed by atoms with E-state index in [9.17, 15) is 9.59 Å². The molecular weight excluding hydrogens is 572 g/mol. The van der Waals surface area contributed by atoms with Crippen molar-refractivity contribution in [1.82, 2.24) is 4.98 Å². The second kappa shape index (κ2) is 10.9. The zero-order chi connectivity index (χ0) is 27.9. The van der Waals surface area contributed by atoms with Gasteiger partial charge in [-0.1, -0.05) is 66.9 Å². The molecule has 0 saturated carbocycles. The number of hydrogen-bond acceptors (Lipinski definition) is 5. The van der Waals surface area contributed by atoms with Crippen LogP contribution in [0.2, 0.25) is 0 Å². The Balaban J connectivity index is 1.57. The van der Waals surface area contributed by atoms with E-state index in [1.54, 1.807) is 0 Å². The standard InChI is InChI=1S/C32H33BrN2O3S/c1-6-32(3,4)20-10-12-22-27(15-20)39-30(28(22)31(37)38-5)35-29(36)24-17-26(19-9-7-8-18(2)14-19)34-25-13-11-21(33)16-23(24)25/h7-9,11,13-14,16-17,20H,6,10,12,15H2,1-5H3,(H,35,36). The summed E-state index contributed by atoms with van der Waals surface area (Å²) in [5, 5.41) is 4.40. The van der Waals surface area contributed by atoms with Crippen molar-refractivity contribution in [2.24, 2.45) is 11.3 Å². The number of esters is 1. The molecule has 2 aromatic carbocycles. The summed E-state index contributed by atoms with van der Waals surface area (Å²) in [6.07, 6.45) is 3.83. The molecule has 0 bridgehead atoms. The maximum Gasteiger partial charge on any atom is 0.341 e. The van der Waals surface area contributed by atoms with Crippen LogP contribution in [0.25, 0.3) is 22.2 Å². The summed E-state index contributed by atoms with van der Waals surface area (Å²) >= 11 is 5.06. The number of ether oxygens (including phenoxy) is 1. The summed E-state index contributed by atoms with van der Waals surface area (Å²) in [7, 11) is 1.39. The number of aryl methyl sites for hydroxylation is 1. The molecule has 5 rings (SSSR count). The Morgan fingerprint density at radius 1 is 1.18 bits per heavy atom. The largest absolute Gasteiger partial charge is 0.465 e. The molecule has 2 aromatic heterocycles. The van der Waals surface area contributed by atoms with Gasteiger partial charge in [0.1, 0.15) is 5.00 Å². The van der Waals surface area contributed by atoms with Gasteiger partial charge >= 0.3 is 5.97 Å². The number of amides is 1. The van der Waals surface area contributed by atoms with Crippen molar-refractivity contribution in [3.05, 3.63) is 80.1 Å². The highest BCUT2D eigenvalue weighted by atomic mass is 79.9. The molecular formula is C32H33BrN2O3S. The van der Waals surface area contributed by atoms with Crippen molar-refractivity contribution < 1.29 is 14.3 Å². The first kappa shape index (κ1) is 27.5. The SMILES string of the molecule is CCC(C)(C)C1CCc2c(sc(NC(=O)c3cc(-c4cccc(C)c4)nc4ccc(Br)cc34)c2C(=O)OC)C1. The molecule has 7 heteroatoms. The molecule has 1 unspecified atom stereocenters. The first-order valence-corrected chi connectivity index (χ1v) is 14.9. The van der Waals surface area contributed by atoms with Crippen molar-refractivity contribution in [1.29, 1.82) is 0 Å². The molecule has 202 valence electrons. The number of fused-ring (bicyclic) bond motifs is 2. The number of nitrogens with zero attached hydrogens (tertiary/aromatic N) is 1. The highest BCUT2D eigenvalue weighted by molar-refractivity contribution is 9.10. The minimum atomic E-state index is -0.404. The van der Waals surface area contributed by atoms with E-state index in [2.05, 4.69) is 48.1 Å². The Bertz CT molecular complexity index is 1590. The minimum Gasteiger partial charge on any atom is -0.465 e. The summed E-state index contributed by atoms with van der Waals surface area (Å²) < 4.78 is 6.04. The number of nitrogens with one attached hydrogen (secondary N) is 1.